The summed E-state index contributed by atoms with van der Waals surface area (Å²) in [5.41, 5.74) is -0.698. The summed E-state index contributed by atoms with van der Waals surface area (Å²) in [5.74, 6) is -1.84. The maximum atomic E-state index is 13.3. The number of hydrogen-bond acceptors (Lipinski definition) is 5. The van der Waals surface area contributed by atoms with Gasteiger partial charge in [0.15, 0.2) is 0 Å². The van der Waals surface area contributed by atoms with Crippen molar-refractivity contribution in [3.63, 3.8) is 0 Å². The van der Waals surface area contributed by atoms with Crippen LogP contribution >= 0.6 is 0 Å². The molecule has 0 bridgehead atoms. The zero-order valence-corrected chi connectivity index (χ0v) is 15.6. The number of nitrogens with zero attached hydrogens (tertiary/aromatic N) is 3. The number of imidazole rings is 1. The van der Waals surface area contributed by atoms with Gasteiger partial charge in [0, 0.05) is 24.7 Å². The second kappa shape index (κ2) is 7.20. The highest BCUT2D eigenvalue weighted by molar-refractivity contribution is 7.85. The summed E-state index contributed by atoms with van der Waals surface area (Å²) in [6.45, 7) is -0.564. The minimum absolute atomic E-state index is 0.0316. The van der Waals surface area contributed by atoms with Crippen molar-refractivity contribution >= 4 is 21.6 Å². The molecule has 0 aliphatic carbocycles. The second-order valence-electron chi connectivity index (χ2n) is 6.56. The Labute approximate surface area is 161 Å². The first-order valence-corrected chi connectivity index (χ1v) is 9.99. The molecule has 0 saturated heterocycles. The van der Waals surface area contributed by atoms with E-state index >= 15 is 0 Å². The molecule has 0 amide bonds. The zero-order chi connectivity index (χ0) is 21.6. The maximum absolute atomic E-state index is 13.3. The molecule has 0 N–H and O–H groups in total. The molecule has 29 heavy (non-hydrogen) atoms. The minimum Gasteiger partial charge on any atom is -0.326 e. The summed E-state index contributed by atoms with van der Waals surface area (Å²) in [6, 6.07) is 3.90. The fourth-order valence-corrected chi connectivity index (χ4v) is 3.49. The predicted molar refractivity (Wildman–Crippen MR) is 90.0 cm³/mol. The van der Waals surface area contributed by atoms with Gasteiger partial charge in [-0.25, -0.2) is 4.98 Å². The molecule has 3 rings (SSSR count). The summed E-state index contributed by atoms with van der Waals surface area (Å²) in [4.78, 5) is 4.75. The van der Waals surface area contributed by atoms with Crippen LogP contribution in [0.1, 0.15) is 11.4 Å². The van der Waals surface area contributed by atoms with Crippen LogP contribution in [0.15, 0.2) is 30.5 Å². The molecule has 160 valence electrons. The molecular weight excluding hydrogens is 428 g/mol. The molecular formula is C16H15F6N3O3S. The molecule has 0 radical (unpaired) electrons. The van der Waals surface area contributed by atoms with Crippen LogP contribution in [0.4, 0.5) is 37.8 Å². The quantitative estimate of drug-likeness (QED) is 0.533. The summed E-state index contributed by atoms with van der Waals surface area (Å²) in [6.07, 6.45) is -7.53. The van der Waals surface area contributed by atoms with E-state index in [1.54, 1.807) is 0 Å². The number of benzene rings is 1. The Morgan fingerprint density at radius 2 is 1.69 bits per heavy atom. The van der Waals surface area contributed by atoms with Crippen LogP contribution < -0.4 is 4.90 Å². The van der Waals surface area contributed by atoms with E-state index in [2.05, 4.69) is 4.98 Å². The van der Waals surface area contributed by atoms with E-state index in [0.29, 0.717) is 0 Å². The van der Waals surface area contributed by atoms with Crippen LogP contribution in [0.25, 0.3) is 0 Å². The average molecular weight is 443 g/mol. The maximum Gasteiger partial charge on any atom is 0.449 e. The predicted octanol–water partition coefficient (Wildman–Crippen LogP) is 3.66. The standard InChI is InChI=1S/C16H15F6N3O3S/c1-29(26,27)28-9-10-7-24(12-4-2-11(3-5-12)15(17,18)19)13-6-23-14(16(20,21)22)25(13)8-10/h2-6,10H,7-9H2,1H3. The van der Waals surface area contributed by atoms with Gasteiger partial charge in [0.25, 0.3) is 10.1 Å². The highest BCUT2D eigenvalue weighted by Crippen LogP contribution is 2.38. The number of halogens is 6. The Morgan fingerprint density at radius 3 is 2.21 bits per heavy atom. The van der Waals surface area contributed by atoms with Crippen LogP contribution in [0, 0.1) is 5.92 Å². The first kappa shape index (κ1) is 21.4. The van der Waals surface area contributed by atoms with Crippen LogP contribution in [0.3, 0.4) is 0 Å². The molecule has 2 aromatic rings. The van der Waals surface area contributed by atoms with E-state index in [-0.39, 0.29) is 31.2 Å². The Bertz CT molecular complexity index is 983. The molecule has 1 aromatic heterocycles. The van der Waals surface area contributed by atoms with Crippen LogP contribution in [-0.2, 0) is 33.2 Å². The number of rotatable bonds is 4. The lowest BCUT2D eigenvalue weighted by atomic mass is 10.1. The summed E-state index contributed by atoms with van der Waals surface area (Å²) in [7, 11) is -3.82. The highest BCUT2D eigenvalue weighted by Gasteiger charge is 2.40. The largest absolute Gasteiger partial charge is 0.449 e. The number of alkyl halides is 6. The molecule has 2 heterocycles. The lowest BCUT2D eigenvalue weighted by molar-refractivity contribution is -0.147. The molecule has 1 aliphatic rings. The highest BCUT2D eigenvalue weighted by atomic mass is 32.2. The fourth-order valence-electron chi connectivity index (χ4n) is 3.05. The summed E-state index contributed by atoms with van der Waals surface area (Å²) < 4.78 is 106. The van der Waals surface area contributed by atoms with Crippen molar-refractivity contribution in [3.8, 4) is 0 Å². The zero-order valence-electron chi connectivity index (χ0n) is 14.8. The summed E-state index contributed by atoms with van der Waals surface area (Å²) in [5, 5.41) is 0. The van der Waals surface area contributed by atoms with Gasteiger partial charge in [-0.2, -0.15) is 34.8 Å². The van der Waals surface area contributed by atoms with Crippen LogP contribution in [0.5, 0.6) is 0 Å². The Hall–Kier alpha value is -2.28. The topological polar surface area (TPSA) is 64.4 Å². The third-order valence-corrected chi connectivity index (χ3v) is 4.83. The lowest BCUT2D eigenvalue weighted by Crippen LogP contribution is -2.38. The monoisotopic (exact) mass is 443 g/mol. The first-order chi connectivity index (χ1) is 13.3. The van der Waals surface area contributed by atoms with Crippen LogP contribution in [-0.4, -0.2) is 37.4 Å². The number of anilines is 2. The van der Waals surface area contributed by atoms with E-state index in [4.69, 9.17) is 4.18 Å². The minimum atomic E-state index is -4.76. The van der Waals surface area contributed by atoms with E-state index in [1.165, 1.54) is 4.90 Å². The molecule has 0 spiro atoms. The van der Waals surface area contributed by atoms with Crippen molar-refractivity contribution in [2.24, 2.45) is 5.92 Å². The Morgan fingerprint density at radius 1 is 1.07 bits per heavy atom. The smallest absolute Gasteiger partial charge is 0.326 e. The molecule has 0 saturated carbocycles. The van der Waals surface area contributed by atoms with Crippen molar-refractivity contribution < 1.29 is 38.9 Å². The van der Waals surface area contributed by atoms with Gasteiger partial charge in [-0.1, -0.05) is 0 Å². The molecule has 1 aliphatic heterocycles. The number of hydrogen-bond donors (Lipinski definition) is 0. The van der Waals surface area contributed by atoms with E-state index in [0.717, 1.165) is 41.3 Å². The Balaban J connectivity index is 1.98. The van der Waals surface area contributed by atoms with E-state index in [1.807, 2.05) is 0 Å². The van der Waals surface area contributed by atoms with Crippen molar-refractivity contribution in [2.45, 2.75) is 18.9 Å². The van der Waals surface area contributed by atoms with E-state index in [9.17, 15) is 34.8 Å². The molecule has 1 atom stereocenters. The van der Waals surface area contributed by atoms with E-state index < -0.39 is 39.8 Å². The van der Waals surface area contributed by atoms with Gasteiger partial charge < -0.3 is 9.47 Å². The third kappa shape index (κ3) is 4.83. The third-order valence-electron chi connectivity index (χ3n) is 4.27. The van der Waals surface area contributed by atoms with Crippen molar-refractivity contribution in [2.75, 3.05) is 24.3 Å². The SMILES string of the molecule is CS(=O)(=O)OCC1CN(c2ccc(C(F)(F)F)cc2)c2cnc(C(F)(F)F)n2C1. The van der Waals surface area contributed by atoms with Gasteiger partial charge in [0.1, 0.15) is 5.82 Å². The Kier molecular flexibility index (Phi) is 5.32. The van der Waals surface area contributed by atoms with Crippen molar-refractivity contribution in [3.05, 3.63) is 41.9 Å². The lowest BCUT2D eigenvalue weighted by Gasteiger charge is -2.35. The molecule has 0 fully saturated rings. The fraction of sp³-hybridized carbons (Fsp3) is 0.438. The van der Waals surface area contributed by atoms with Crippen LogP contribution in [0.2, 0.25) is 0 Å². The molecule has 13 heteroatoms. The molecule has 6 nitrogen and oxygen atoms in total. The second-order valence-corrected chi connectivity index (χ2v) is 8.20. The molecule has 1 aromatic carbocycles. The first-order valence-electron chi connectivity index (χ1n) is 8.17. The van der Waals surface area contributed by atoms with Gasteiger partial charge in [-0.3, -0.25) is 4.18 Å². The average Bonchev–Trinajstić information content (AvgIpc) is 3.02. The molecule has 1 unspecified atom stereocenters. The van der Waals surface area contributed by atoms with Gasteiger partial charge in [0.2, 0.25) is 5.82 Å². The normalized spacial score (nSPS) is 18.0. The number of aromatic nitrogens is 2. The van der Waals surface area contributed by atoms with Crippen molar-refractivity contribution in [1.29, 1.82) is 0 Å². The van der Waals surface area contributed by atoms with Gasteiger partial charge in [0.05, 0.1) is 24.6 Å². The van der Waals surface area contributed by atoms with Crippen molar-refractivity contribution in [1.82, 2.24) is 9.55 Å². The summed E-state index contributed by atoms with van der Waals surface area (Å²) >= 11 is 0. The van der Waals surface area contributed by atoms with Gasteiger partial charge in [-0.05, 0) is 24.3 Å². The van der Waals surface area contributed by atoms with Gasteiger partial charge >= 0.3 is 12.4 Å². The van der Waals surface area contributed by atoms with Gasteiger partial charge in [-0.15, -0.1) is 0 Å². The number of fused-ring (bicyclic) bond motifs is 1.